The highest BCUT2D eigenvalue weighted by molar-refractivity contribution is 5.92. The van der Waals surface area contributed by atoms with E-state index in [0.29, 0.717) is 30.4 Å². The first-order valence-corrected chi connectivity index (χ1v) is 8.29. The van der Waals surface area contributed by atoms with Crippen LogP contribution in [0.4, 0.5) is 0 Å². The van der Waals surface area contributed by atoms with E-state index in [1.807, 2.05) is 0 Å². The maximum atomic E-state index is 12.1. The fourth-order valence-electron chi connectivity index (χ4n) is 3.05. The van der Waals surface area contributed by atoms with Crippen molar-refractivity contribution >= 4 is 5.91 Å². The van der Waals surface area contributed by atoms with Crippen molar-refractivity contribution in [3.8, 4) is 0 Å². The third-order valence-electron chi connectivity index (χ3n) is 4.35. The van der Waals surface area contributed by atoms with E-state index in [4.69, 9.17) is 4.52 Å². The predicted molar refractivity (Wildman–Crippen MR) is 90.5 cm³/mol. The Kier molecular flexibility index (Phi) is 4.30. The molecule has 7 heteroatoms. The predicted octanol–water partition coefficient (Wildman–Crippen LogP) is 1.89. The Bertz CT molecular complexity index is 856. The molecule has 0 bridgehead atoms. The van der Waals surface area contributed by atoms with Gasteiger partial charge in [0.25, 0.3) is 5.91 Å². The lowest BCUT2D eigenvalue weighted by Gasteiger charge is -2.27. The first-order chi connectivity index (χ1) is 12.3. The highest BCUT2D eigenvalue weighted by atomic mass is 16.5. The third kappa shape index (κ3) is 3.61. The second-order valence-corrected chi connectivity index (χ2v) is 6.13. The number of aromatic amines is 1. The van der Waals surface area contributed by atoms with Crippen LogP contribution in [0.3, 0.4) is 0 Å². The minimum Gasteiger partial charge on any atom is -0.359 e. The second-order valence-electron chi connectivity index (χ2n) is 6.13. The van der Waals surface area contributed by atoms with E-state index in [1.54, 1.807) is 18.5 Å². The number of nitrogens with zero attached hydrogens (tertiary/aromatic N) is 3. The number of carbonyl (C=O) groups is 1. The van der Waals surface area contributed by atoms with Gasteiger partial charge in [0, 0.05) is 31.5 Å². The van der Waals surface area contributed by atoms with Gasteiger partial charge in [0.1, 0.15) is 5.82 Å². The smallest absolute Gasteiger partial charge is 0.273 e. The molecule has 0 atom stereocenters. The summed E-state index contributed by atoms with van der Waals surface area (Å²) in [6.07, 6.45) is 4.39. The molecular weight excluding hydrogens is 318 g/mol. The van der Waals surface area contributed by atoms with Crippen LogP contribution in [0.2, 0.25) is 0 Å². The van der Waals surface area contributed by atoms with Gasteiger partial charge in [0.05, 0.1) is 13.1 Å². The van der Waals surface area contributed by atoms with Gasteiger partial charge in [-0.25, -0.2) is 4.98 Å². The summed E-state index contributed by atoms with van der Waals surface area (Å²) in [4.78, 5) is 21.4. The first kappa shape index (κ1) is 15.6. The SMILES string of the molecule is O=C(NCc1ncc[nH]1)c1cc(CN2CCc3ccccc3C2)on1. The number of nitrogens with one attached hydrogen (secondary N) is 2. The van der Waals surface area contributed by atoms with Gasteiger partial charge in [-0.05, 0) is 17.5 Å². The summed E-state index contributed by atoms with van der Waals surface area (Å²) in [6, 6.07) is 10.2. The molecule has 25 heavy (non-hydrogen) atoms. The molecule has 1 aliphatic rings. The van der Waals surface area contributed by atoms with E-state index in [1.165, 1.54) is 11.1 Å². The molecule has 1 aliphatic heterocycles. The number of rotatable bonds is 5. The van der Waals surface area contributed by atoms with Crippen molar-refractivity contribution in [2.24, 2.45) is 0 Å². The molecule has 0 unspecified atom stereocenters. The molecule has 3 heterocycles. The highest BCUT2D eigenvalue weighted by Gasteiger charge is 2.19. The third-order valence-corrected chi connectivity index (χ3v) is 4.35. The van der Waals surface area contributed by atoms with E-state index in [0.717, 1.165) is 19.5 Å². The molecular formula is C18H19N5O2. The summed E-state index contributed by atoms with van der Waals surface area (Å²) in [7, 11) is 0. The van der Waals surface area contributed by atoms with Crippen LogP contribution >= 0.6 is 0 Å². The Labute approximate surface area is 145 Å². The number of amides is 1. The van der Waals surface area contributed by atoms with Crippen molar-refractivity contribution < 1.29 is 9.32 Å². The van der Waals surface area contributed by atoms with Crippen LogP contribution in [0.5, 0.6) is 0 Å². The van der Waals surface area contributed by atoms with E-state index in [-0.39, 0.29) is 5.91 Å². The molecule has 0 radical (unpaired) electrons. The van der Waals surface area contributed by atoms with Crippen molar-refractivity contribution in [1.82, 2.24) is 25.3 Å². The van der Waals surface area contributed by atoms with Crippen LogP contribution in [0.25, 0.3) is 0 Å². The number of benzene rings is 1. The Morgan fingerprint density at radius 2 is 2.20 bits per heavy atom. The number of H-pyrrole nitrogens is 1. The minimum atomic E-state index is -0.268. The number of fused-ring (bicyclic) bond motifs is 1. The zero-order valence-corrected chi connectivity index (χ0v) is 13.7. The number of carbonyl (C=O) groups excluding carboxylic acids is 1. The first-order valence-electron chi connectivity index (χ1n) is 8.29. The zero-order valence-electron chi connectivity index (χ0n) is 13.7. The van der Waals surface area contributed by atoms with Crippen LogP contribution in [0, 0.1) is 0 Å². The van der Waals surface area contributed by atoms with E-state index < -0.39 is 0 Å². The minimum absolute atomic E-state index is 0.268. The van der Waals surface area contributed by atoms with Gasteiger partial charge in [0.2, 0.25) is 0 Å². The molecule has 1 aromatic carbocycles. The van der Waals surface area contributed by atoms with Gasteiger partial charge < -0.3 is 14.8 Å². The van der Waals surface area contributed by atoms with Crippen LogP contribution in [-0.4, -0.2) is 32.5 Å². The molecule has 0 fully saturated rings. The second kappa shape index (κ2) is 6.90. The van der Waals surface area contributed by atoms with Gasteiger partial charge in [-0.1, -0.05) is 29.4 Å². The van der Waals surface area contributed by atoms with Crippen molar-refractivity contribution in [2.75, 3.05) is 6.54 Å². The lowest BCUT2D eigenvalue weighted by molar-refractivity contribution is 0.0940. The van der Waals surface area contributed by atoms with E-state index in [2.05, 4.69) is 49.6 Å². The molecule has 0 spiro atoms. The Morgan fingerprint density at radius 1 is 1.32 bits per heavy atom. The molecule has 2 aromatic heterocycles. The van der Waals surface area contributed by atoms with E-state index in [9.17, 15) is 4.79 Å². The molecule has 0 saturated heterocycles. The molecule has 0 saturated carbocycles. The largest absolute Gasteiger partial charge is 0.359 e. The lowest BCUT2D eigenvalue weighted by atomic mass is 10.00. The van der Waals surface area contributed by atoms with Crippen molar-refractivity contribution in [2.45, 2.75) is 26.1 Å². The molecule has 128 valence electrons. The fraction of sp³-hybridized carbons (Fsp3) is 0.278. The summed E-state index contributed by atoms with van der Waals surface area (Å²) < 4.78 is 5.34. The molecule has 4 rings (SSSR count). The number of imidazole rings is 1. The van der Waals surface area contributed by atoms with Crippen LogP contribution in [-0.2, 0) is 26.1 Å². The number of hydrogen-bond donors (Lipinski definition) is 2. The van der Waals surface area contributed by atoms with Crippen molar-refractivity contribution in [1.29, 1.82) is 0 Å². The van der Waals surface area contributed by atoms with Gasteiger partial charge in [0.15, 0.2) is 11.5 Å². The monoisotopic (exact) mass is 337 g/mol. The molecule has 7 nitrogen and oxygen atoms in total. The zero-order chi connectivity index (χ0) is 17.1. The van der Waals surface area contributed by atoms with Crippen LogP contribution in [0.1, 0.15) is 33.2 Å². The van der Waals surface area contributed by atoms with E-state index >= 15 is 0 Å². The molecule has 3 aromatic rings. The average molecular weight is 337 g/mol. The number of aromatic nitrogens is 3. The summed E-state index contributed by atoms with van der Waals surface area (Å²) in [5, 5.41) is 6.64. The van der Waals surface area contributed by atoms with Gasteiger partial charge in [-0.15, -0.1) is 0 Å². The normalized spacial score (nSPS) is 14.2. The van der Waals surface area contributed by atoms with Crippen molar-refractivity contribution in [3.05, 3.63) is 71.1 Å². The fourth-order valence-corrected chi connectivity index (χ4v) is 3.05. The standard InChI is InChI=1S/C18H19N5O2/c24-18(21-10-17-19-6-7-20-17)16-9-15(25-22-16)12-23-8-5-13-3-1-2-4-14(13)11-23/h1-4,6-7,9H,5,8,10-12H2,(H,19,20)(H,21,24). The Hall–Kier alpha value is -2.93. The Balaban J connectivity index is 1.34. The highest BCUT2D eigenvalue weighted by Crippen LogP contribution is 2.20. The Morgan fingerprint density at radius 3 is 3.04 bits per heavy atom. The molecule has 2 N–H and O–H groups in total. The summed E-state index contributed by atoms with van der Waals surface area (Å²) in [5.41, 5.74) is 3.05. The van der Waals surface area contributed by atoms with Gasteiger partial charge >= 0.3 is 0 Å². The van der Waals surface area contributed by atoms with Gasteiger partial charge in [-0.2, -0.15) is 0 Å². The quantitative estimate of drug-likeness (QED) is 0.742. The maximum Gasteiger partial charge on any atom is 0.273 e. The summed E-state index contributed by atoms with van der Waals surface area (Å²) in [5.74, 6) is 1.13. The van der Waals surface area contributed by atoms with Crippen molar-refractivity contribution in [3.63, 3.8) is 0 Å². The summed E-state index contributed by atoms with van der Waals surface area (Å²) in [6.45, 7) is 2.83. The average Bonchev–Trinajstić information content (AvgIpc) is 3.31. The maximum absolute atomic E-state index is 12.1. The molecule has 0 aliphatic carbocycles. The topological polar surface area (TPSA) is 87.0 Å². The molecule has 1 amide bonds. The number of hydrogen-bond acceptors (Lipinski definition) is 5. The van der Waals surface area contributed by atoms with Crippen LogP contribution < -0.4 is 5.32 Å². The van der Waals surface area contributed by atoms with Crippen LogP contribution in [0.15, 0.2) is 47.2 Å². The summed E-state index contributed by atoms with van der Waals surface area (Å²) >= 11 is 0. The van der Waals surface area contributed by atoms with Gasteiger partial charge in [-0.3, -0.25) is 9.69 Å². The lowest BCUT2D eigenvalue weighted by Crippen LogP contribution is -2.29.